The van der Waals surface area contributed by atoms with Crippen LogP contribution in [0.2, 0.25) is 5.02 Å². The number of phenols is 1. The fraction of sp³-hybridized carbons (Fsp3) is 0.600. The van der Waals surface area contributed by atoms with Crippen LogP contribution < -0.4 is 0 Å². The summed E-state index contributed by atoms with van der Waals surface area (Å²) in [6, 6.07) is 4.49. The van der Waals surface area contributed by atoms with E-state index >= 15 is 0 Å². The highest BCUT2D eigenvalue weighted by Gasteiger charge is 2.49. The van der Waals surface area contributed by atoms with Gasteiger partial charge in [-0.2, -0.15) is 0 Å². The van der Waals surface area contributed by atoms with Gasteiger partial charge in [-0.15, -0.1) is 0 Å². The monoisotopic (exact) mass is 392 g/mol. The average Bonchev–Trinajstić information content (AvgIpc) is 3.42. The fourth-order valence-corrected chi connectivity index (χ4v) is 4.79. The minimum Gasteiger partial charge on any atom is -0.506 e. The number of benzene rings is 1. The lowest BCUT2D eigenvalue weighted by Crippen LogP contribution is -2.44. The van der Waals surface area contributed by atoms with Crippen molar-refractivity contribution in [2.24, 2.45) is 11.3 Å². The van der Waals surface area contributed by atoms with Gasteiger partial charge < -0.3 is 15.1 Å². The number of amides is 1. The van der Waals surface area contributed by atoms with Crippen molar-refractivity contribution in [3.63, 3.8) is 0 Å². The molecule has 1 atom stereocenters. The summed E-state index contributed by atoms with van der Waals surface area (Å²) in [5, 5.41) is 19.6. The summed E-state index contributed by atoms with van der Waals surface area (Å²) in [5.41, 5.74) is 0.854. The number of phenolic OH excluding ortho intramolecular Hbond substituents is 1. The molecule has 27 heavy (non-hydrogen) atoms. The number of rotatable bonds is 4. The molecular formula is C20H25ClN2O4. The Labute approximate surface area is 163 Å². The van der Waals surface area contributed by atoms with Crippen LogP contribution in [0.1, 0.15) is 37.7 Å². The van der Waals surface area contributed by atoms with Gasteiger partial charge in [0.2, 0.25) is 5.91 Å². The molecule has 1 saturated carbocycles. The average molecular weight is 393 g/mol. The van der Waals surface area contributed by atoms with Gasteiger partial charge in [0, 0.05) is 32.1 Å². The summed E-state index contributed by atoms with van der Waals surface area (Å²) in [5.74, 6) is -0.243. The van der Waals surface area contributed by atoms with Crippen molar-refractivity contribution in [3.05, 3.63) is 28.8 Å². The maximum Gasteiger partial charge on any atom is 0.320 e. The maximum atomic E-state index is 12.3. The molecule has 0 unspecified atom stereocenters. The van der Waals surface area contributed by atoms with Gasteiger partial charge in [-0.05, 0) is 55.2 Å². The summed E-state index contributed by atoms with van der Waals surface area (Å²) in [7, 11) is 0. The Hall–Kier alpha value is -1.79. The van der Waals surface area contributed by atoms with E-state index in [-0.39, 0.29) is 28.0 Å². The Morgan fingerprint density at radius 3 is 2.52 bits per heavy atom. The second-order valence-corrected chi connectivity index (χ2v) is 8.76. The van der Waals surface area contributed by atoms with Crippen LogP contribution in [-0.4, -0.2) is 57.6 Å². The van der Waals surface area contributed by atoms with E-state index in [1.807, 2.05) is 9.80 Å². The van der Waals surface area contributed by atoms with Gasteiger partial charge in [0.25, 0.3) is 0 Å². The van der Waals surface area contributed by atoms with E-state index in [1.165, 1.54) is 0 Å². The van der Waals surface area contributed by atoms with E-state index in [2.05, 4.69) is 0 Å². The first kappa shape index (κ1) is 18.6. The Balaban J connectivity index is 1.44. The minimum atomic E-state index is -0.798. The lowest BCUT2D eigenvalue weighted by molar-refractivity contribution is -0.142. The molecule has 1 amide bonds. The number of nitrogens with zero attached hydrogens (tertiary/aromatic N) is 2. The molecule has 0 radical (unpaired) electrons. The topological polar surface area (TPSA) is 81.1 Å². The normalized spacial score (nSPS) is 25.1. The van der Waals surface area contributed by atoms with Crippen molar-refractivity contribution >= 4 is 23.5 Å². The minimum absolute atomic E-state index is 0.0285. The Morgan fingerprint density at radius 2 is 1.93 bits per heavy atom. The Bertz CT molecular complexity index is 756. The third-order valence-electron chi connectivity index (χ3n) is 6.35. The number of hydrogen-bond acceptors (Lipinski definition) is 4. The zero-order valence-electron chi connectivity index (χ0n) is 15.2. The number of aromatic hydroxyl groups is 1. The largest absolute Gasteiger partial charge is 0.506 e. The SMILES string of the molecule is O=C(O)[C@@H]1CC2(CCN(C(=O)C3CC3)CC2)CN1Cc1ccc(O)c(Cl)c1. The van der Waals surface area contributed by atoms with Crippen molar-refractivity contribution < 1.29 is 19.8 Å². The first-order valence-electron chi connectivity index (χ1n) is 9.60. The van der Waals surface area contributed by atoms with E-state index < -0.39 is 12.0 Å². The van der Waals surface area contributed by atoms with E-state index in [0.29, 0.717) is 19.5 Å². The number of carboxylic acids is 1. The zero-order chi connectivity index (χ0) is 19.2. The molecular weight excluding hydrogens is 368 g/mol. The van der Waals surface area contributed by atoms with Crippen LogP contribution in [0, 0.1) is 11.3 Å². The molecule has 1 aromatic carbocycles. The maximum absolute atomic E-state index is 12.3. The summed E-state index contributed by atoms with van der Waals surface area (Å²) in [6.45, 7) is 2.68. The first-order chi connectivity index (χ1) is 12.9. The number of carbonyl (C=O) groups is 2. The molecule has 1 aromatic rings. The molecule has 2 heterocycles. The second kappa shape index (κ2) is 6.99. The van der Waals surface area contributed by atoms with Crippen LogP contribution in [-0.2, 0) is 16.1 Å². The highest BCUT2D eigenvalue weighted by Crippen LogP contribution is 2.45. The highest BCUT2D eigenvalue weighted by molar-refractivity contribution is 6.32. The number of carbonyl (C=O) groups excluding carboxylic acids is 1. The molecule has 2 N–H and O–H groups in total. The van der Waals surface area contributed by atoms with Crippen molar-refractivity contribution in [1.29, 1.82) is 0 Å². The van der Waals surface area contributed by atoms with Gasteiger partial charge in [0.15, 0.2) is 0 Å². The number of carboxylic acid groups (broad SMARTS) is 1. The quantitative estimate of drug-likeness (QED) is 0.823. The van der Waals surface area contributed by atoms with Crippen LogP contribution in [0.4, 0.5) is 0 Å². The molecule has 4 rings (SSSR count). The van der Waals surface area contributed by atoms with Crippen molar-refractivity contribution in [2.45, 2.75) is 44.7 Å². The van der Waals surface area contributed by atoms with Gasteiger partial charge >= 0.3 is 5.97 Å². The number of piperidine rings is 1. The summed E-state index contributed by atoms with van der Waals surface area (Å²) >= 11 is 5.99. The van der Waals surface area contributed by atoms with Gasteiger partial charge in [-0.25, -0.2) is 0 Å². The molecule has 0 bridgehead atoms. The third kappa shape index (κ3) is 3.78. The van der Waals surface area contributed by atoms with Crippen LogP contribution in [0.25, 0.3) is 0 Å². The molecule has 1 aliphatic carbocycles. The van der Waals surface area contributed by atoms with Crippen LogP contribution in [0.5, 0.6) is 5.75 Å². The molecule has 2 saturated heterocycles. The van der Waals surface area contributed by atoms with E-state index in [4.69, 9.17) is 11.6 Å². The standard InChI is InChI=1S/C20H25ClN2O4/c21-15-9-13(1-4-17(15)24)11-23-12-20(10-16(23)19(26)27)5-7-22(8-6-20)18(25)14-2-3-14/h1,4,9,14,16,24H,2-3,5-8,10-12H2,(H,26,27)/t16-/m0/s1. The molecule has 3 aliphatic rings. The van der Waals surface area contributed by atoms with E-state index in [9.17, 15) is 19.8 Å². The van der Waals surface area contributed by atoms with Crippen LogP contribution in [0.15, 0.2) is 18.2 Å². The summed E-state index contributed by atoms with van der Waals surface area (Å²) in [4.78, 5) is 28.1. The lowest BCUT2D eigenvalue weighted by atomic mass is 9.76. The molecule has 6 nitrogen and oxygen atoms in total. The molecule has 1 spiro atoms. The van der Waals surface area contributed by atoms with Gasteiger partial charge in [-0.3, -0.25) is 14.5 Å². The summed E-state index contributed by atoms with van der Waals surface area (Å²) in [6.07, 6.45) is 4.39. The third-order valence-corrected chi connectivity index (χ3v) is 6.65. The Morgan fingerprint density at radius 1 is 1.22 bits per heavy atom. The molecule has 0 aromatic heterocycles. The van der Waals surface area contributed by atoms with Crippen molar-refractivity contribution in [1.82, 2.24) is 9.80 Å². The van der Waals surface area contributed by atoms with Crippen LogP contribution >= 0.6 is 11.6 Å². The highest BCUT2D eigenvalue weighted by atomic mass is 35.5. The number of hydrogen-bond donors (Lipinski definition) is 2. The fourth-order valence-electron chi connectivity index (χ4n) is 4.59. The lowest BCUT2D eigenvalue weighted by Gasteiger charge is -2.39. The van der Waals surface area contributed by atoms with E-state index in [1.54, 1.807) is 18.2 Å². The smallest absolute Gasteiger partial charge is 0.320 e. The van der Waals surface area contributed by atoms with E-state index in [0.717, 1.165) is 44.3 Å². The van der Waals surface area contributed by atoms with Gasteiger partial charge in [0.1, 0.15) is 11.8 Å². The second-order valence-electron chi connectivity index (χ2n) is 8.35. The van der Waals surface area contributed by atoms with Gasteiger partial charge in [0.05, 0.1) is 5.02 Å². The molecule has 7 heteroatoms. The molecule has 146 valence electrons. The van der Waals surface area contributed by atoms with Gasteiger partial charge in [-0.1, -0.05) is 17.7 Å². The Kier molecular flexibility index (Phi) is 4.80. The zero-order valence-corrected chi connectivity index (χ0v) is 16.0. The van der Waals surface area contributed by atoms with Crippen molar-refractivity contribution in [2.75, 3.05) is 19.6 Å². The predicted molar refractivity (Wildman–Crippen MR) is 101 cm³/mol. The van der Waals surface area contributed by atoms with Crippen LogP contribution in [0.3, 0.4) is 0 Å². The number of halogens is 1. The molecule has 3 fully saturated rings. The first-order valence-corrected chi connectivity index (χ1v) is 9.98. The number of aliphatic carboxylic acids is 1. The predicted octanol–water partition coefficient (Wildman–Crippen LogP) is 2.72. The van der Waals surface area contributed by atoms with Crippen molar-refractivity contribution in [3.8, 4) is 5.75 Å². The summed E-state index contributed by atoms with van der Waals surface area (Å²) < 4.78 is 0. The molecule has 2 aliphatic heterocycles. The number of likely N-dealkylation sites (tertiary alicyclic amines) is 2.